The van der Waals surface area contributed by atoms with Crippen LogP contribution in [0.15, 0.2) is 54.6 Å². The van der Waals surface area contributed by atoms with E-state index < -0.39 is 5.66 Å². The maximum Gasteiger partial charge on any atom is 0.219 e. The number of amides is 2. The SMILES string of the molecule is CC(=O)NC1(NC(C)=O)C=CC(c2ccccc2)C=C1. The first kappa shape index (κ1) is 14.1. The molecule has 0 saturated carbocycles. The molecule has 20 heavy (non-hydrogen) atoms. The molecule has 1 aromatic rings. The first-order valence-corrected chi connectivity index (χ1v) is 6.52. The Morgan fingerprint density at radius 3 is 1.90 bits per heavy atom. The molecule has 4 heteroatoms. The lowest BCUT2D eigenvalue weighted by atomic mass is 9.90. The fraction of sp³-hybridized carbons (Fsp3) is 0.250. The number of carbonyl (C=O) groups is 2. The van der Waals surface area contributed by atoms with Crippen molar-refractivity contribution in [1.82, 2.24) is 10.6 Å². The van der Waals surface area contributed by atoms with Gasteiger partial charge in [0.1, 0.15) is 0 Å². The van der Waals surface area contributed by atoms with Crippen LogP contribution in [0, 0.1) is 0 Å². The minimum absolute atomic E-state index is 0.145. The van der Waals surface area contributed by atoms with Crippen LogP contribution in [0.5, 0.6) is 0 Å². The van der Waals surface area contributed by atoms with Crippen LogP contribution < -0.4 is 10.6 Å². The normalized spacial score (nSPS) is 16.7. The van der Waals surface area contributed by atoms with E-state index in [0.717, 1.165) is 0 Å². The standard InChI is InChI=1S/C16H18N2O2/c1-12(19)17-16(18-13(2)20)10-8-15(9-11-16)14-6-4-3-5-7-14/h3-11,15H,1-2H3,(H,17,19)(H,18,20). The van der Waals surface area contributed by atoms with Crippen molar-refractivity contribution >= 4 is 11.8 Å². The van der Waals surface area contributed by atoms with E-state index in [1.165, 1.54) is 19.4 Å². The topological polar surface area (TPSA) is 58.2 Å². The van der Waals surface area contributed by atoms with Crippen molar-refractivity contribution in [2.45, 2.75) is 25.4 Å². The van der Waals surface area contributed by atoms with E-state index in [2.05, 4.69) is 10.6 Å². The van der Waals surface area contributed by atoms with Crippen LogP contribution in [-0.2, 0) is 9.59 Å². The van der Waals surface area contributed by atoms with Gasteiger partial charge in [-0.15, -0.1) is 0 Å². The number of carbonyl (C=O) groups excluding carboxylic acids is 2. The summed E-state index contributed by atoms with van der Waals surface area (Å²) in [7, 11) is 0. The molecule has 0 atom stereocenters. The molecular formula is C16H18N2O2. The summed E-state index contributed by atoms with van der Waals surface area (Å²) in [6, 6.07) is 10.0. The van der Waals surface area contributed by atoms with Crippen molar-refractivity contribution in [2.75, 3.05) is 0 Å². The van der Waals surface area contributed by atoms with E-state index in [1.807, 2.05) is 54.6 Å². The molecule has 1 aliphatic rings. The molecule has 0 radical (unpaired) electrons. The highest BCUT2D eigenvalue weighted by molar-refractivity contribution is 5.79. The lowest BCUT2D eigenvalue weighted by Crippen LogP contribution is -2.57. The second-order valence-corrected chi connectivity index (χ2v) is 4.89. The average molecular weight is 270 g/mol. The number of hydrogen-bond donors (Lipinski definition) is 2. The zero-order valence-corrected chi connectivity index (χ0v) is 11.6. The van der Waals surface area contributed by atoms with Gasteiger partial charge in [0.2, 0.25) is 11.8 Å². The van der Waals surface area contributed by atoms with Gasteiger partial charge >= 0.3 is 0 Å². The molecule has 0 fully saturated rings. The molecule has 4 nitrogen and oxygen atoms in total. The van der Waals surface area contributed by atoms with Gasteiger partial charge in [0.15, 0.2) is 5.66 Å². The van der Waals surface area contributed by atoms with Crippen molar-refractivity contribution in [1.29, 1.82) is 0 Å². The van der Waals surface area contributed by atoms with Crippen molar-refractivity contribution in [3.05, 3.63) is 60.2 Å². The zero-order valence-electron chi connectivity index (χ0n) is 11.6. The first-order chi connectivity index (χ1) is 9.51. The van der Waals surface area contributed by atoms with E-state index in [9.17, 15) is 9.59 Å². The summed E-state index contributed by atoms with van der Waals surface area (Å²) < 4.78 is 0. The molecule has 1 aromatic carbocycles. The molecule has 0 bridgehead atoms. The quantitative estimate of drug-likeness (QED) is 0.650. The molecule has 0 unspecified atom stereocenters. The van der Waals surface area contributed by atoms with Gasteiger partial charge in [-0.05, 0) is 17.7 Å². The van der Waals surface area contributed by atoms with Crippen molar-refractivity contribution < 1.29 is 9.59 Å². The summed E-state index contributed by atoms with van der Waals surface area (Å²) in [4.78, 5) is 22.6. The molecule has 0 aliphatic heterocycles. The molecule has 0 saturated heterocycles. The minimum atomic E-state index is -0.928. The largest absolute Gasteiger partial charge is 0.327 e. The number of hydrogen-bond acceptors (Lipinski definition) is 2. The molecule has 0 aromatic heterocycles. The Bertz CT molecular complexity index is 529. The molecule has 0 spiro atoms. The molecule has 0 heterocycles. The summed E-state index contributed by atoms with van der Waals surface area (Å²) in [6.07, 6.45) is 7.57. The Hall–Kier alpha value is -2.36. The smallest absolute Gasteiger partial charge is 0.219 e. The Labute approximate surface area is 118 Å². The third-order valence-corrected chi connectivity index (χ3v) is 3.08. The van der Waals surface area contributed by atoms with Gasteiger partial charge < -0.3 is 10.6 Å². The van der Waals surface area contributed by atoms with Crippen LogP contribution in [0.3, 0.4) is 0 Å². The Morgan fingerprint density at radius 2 is 1.45 bits per heavy atom. The number of benzene rings is 1. The molecule has 1 aliphatic carbocycles. The summed E-state index contributed by atoms with van der Waals surface area (Å²) >= 11 is 0. The van der Waals surface area contributed by atoms with Crippen molar-refractivity contribution in [3.8, 4) is 0 Å². The fourth-order valence-electron chi connectivity index (χ4n) is 2.31. The summed E-state index contributed by atoms with van der Waals surface area (Å²) in [6.45, 7) is 2.85. The van der Waals surface area contributed by atoms with Gasteiger partial charge in [-0.3, -0.25) is 9.59 Å². The zero-order chi connectivity index (χ0) is 14.6. The summed E-state index contributed by atoms with van der Waals surface area (Å²) in [5, 5.41) is 5.51. The summed E-state index contributed by atoms with van der Waals surface area (Å²) in [5.74, 6) is -0.260. The highest BCUT2D eigenvalue weighted by Gasteiger charge is 2.28. The van der Waals surface area contributed by atoms with E-state index in [4.69, 9.17) is 0 Å². The highest BCUT2D eigenvalue weighted by Crippen LogP contribution is 2.25. The second-order valence-electron chi connectivity index (χ2n) is 4.89. The Morgan fingerprint density at radius 1 is 0.950 bits per heavy atom. The van der Waals surface area contributed by atoms with Crippen LogP contribution in [0.1, 0.15) is 25.3 Å². The van der Waals surface area contributed by atoms with Gasteiger partial charge in [-0.2, -0.15) is 0 Å². The maximum absolute atomic E-state index is 11.3. The predicted octanol–water partition coefficient (Wildman–Crippen LogP) is 1.86. The lowest BCUT2D eigenvalue weighted by molar-refractivity contribution is -0.122. The molecule has 2 amide bonds. The highest BCUT2D eigenvalue weighted by atomic mass is 16.2. The Balaban J connectivity index is 2.21. The molecule has 2 rings (SSSR count). The van der Waals surface area contributed by atoms with Crippen LogP contribution in [-0.4, -0.2) is 17.5 Å². The van der Waals surface area contributed by atoms with Gasteiger partial charge in [-0.1, -0.05) is 42.5 Å². The fourth-order valence-corrected chi connectivity index (χ4v) is 2.31. The van der Waals surface area contributed by atoms with Gasteiger partial charge in [0.05, 0.1) is 0 Å². The third kappa shape index (κ3) is 3.35. The third-order valence-electron chi connectivity index (χ3n) is 3.08. The lowest BCUT2D eigenvalue weighted by Gasteiger charge is -2.32. The van der Waals surface area contributed by atoms with Crippen LogP contribution in [0.25, 0.3) is 0 Å². The molecule has 2 N–H and O–H groups in total. The number of rotatable bonds is 3. The monoisotopic (exact) mass is 270 g/mol. The van der Waals surface area contributed by atoms with Crippen LogP contribution >= 0.6 is 0 Å². The maximum atomic E-state index is 11.3. The van der Waals surface area contributed by atoms with E-state index in [0.29, 0.717) is 0 Å². The molecule has 104 valence electrons. The van der Waals surface area contributed by atoms with Crippen LogP contribution in [0.2, 0.25) is 0 Å². The number of nitrogens with one attached hydrogen (secondary N) is 2. The van der Waals surface area contributed by atoms with Crippen LogP contribution in [0.4, 0.5) is 0 Å². The predicted molar refractivity (Wildman–Crippen MR) is 77.8 cm³/mol. The molecular weight excluding hydrogens is 252 g/mol. The van der Waals surface area contributed by atoms with Crippen molar-refractivity contribution in [2.24, 2.45) is 0 Å². The van der Waals surface area contributed by atoms with E-state index >= 15 is 0 Å². The second kappa shape index (κ2) is 5.74. The van der Waals surface area contributed by atoms with Gasteiger partial charge in [0.25, 0.3) is 0 Å². The number of allylic oxidation sites excluding steroid dienone is 2. The first-order valence-electron chi connectivity index (χ1n) is 6.52. The minimum Gasteiger partial charge on any atom is -0.327 e. The van der Waals surface area contributed by atoms with Crippen molar-refractivity contribution in [3.63, 3.8) is 0 Å². The van der Waals surface area contributed by atoms with E-state index in [-0.39, 0.29) is 17.7 Å². The summed E-state index contributed by atoms with van der Waals surface area (Å²) in [5.41, 5.74) is 0.238. The Kier molecular flexibility index (Phi) is 4.03. The van der Waals surface area contributed by atoms with E-state index in [1.54, 1.807) is 0 Å². The average Bonchev–Trinajstić information content (AvgIpc) is 2.39. The van der Waals surface area contributed by atoms with Gasteiger partial charge in [-0.25, -0.2) is 0 Å². The van der Waals surface area contributed by atoms with Gasteiger partial charge in [0, 0.05) is 19.8 Å².